The molecule has 54 heavy (non-hydrogen) atoms. The first kappa shape index (κ1) is 43.1. The van der Waals surface area contributed by atoms with Gasteiger partial charge < -0.3 is 19.3 Å². The third-order valence-electron chi connectivity index (χ3n) is 9.34. The molecule has 0 saturated heterocycles. The molecule has 4 aromatic rings. The van der Waals surface area contributed by atoms with Crippen LogP contribution in [0.5, 0.6) is 0 Å². The minimum absolute atomic E-state index is 0. The molecule has 0 unspecified atom stereocenters. The van der Waals surface area contributed by atoms with Gasteiger partial charge in [-0.25, -0.2) is 8.42 Å². The first-order valence-electron chi connectivity index (χ1n) is 17.2. The summed E-state index contributed by atoms with van der Waals surface area (Å²) < 4.78 is 79.2. The first-order valence-corrected chi connectivity index (χ1v) is 20.1. The predicted molar refractivity (Wildman–Crippen MR) is 203 cm³/mol. The van der Waals surface area contributed by atoms with E-state index in [1.165, 1.54) is 6.07 Å². The van der Waals surface area contributed by atoms with Crippen molar-refractivity contribution in [2.45, 2.75) is 77.0 Å². The number of aryl methyl sites for hydroxylation is 5. The van der Waals surface area contributed by atoms with Gasteiger partial charge in [0.05, 0.1) is 10.3 Å². The Labute approximate surface area is 341 Å². The molecule has 0 radical (unpaired) electrons. The molecule has 0 aromatic heterocycles. The van der Waals surface area contributed by atoms with Gasteiger partial charge in [0.2, 0.25) is 0 Å². The Balaban J connectivity index is 0.00000325. The summed E-state index contributed by atoms with van der Waals surface area (Å²) in [6, 6.07) is 24.3. The van der Waals surface area contributed by atoms with Crippen LogP contribution in [0.3, 0.4) is 0 Å². The van der Waals surface area contributed by atoms with Crippen LogP contribution in [0.25, 0.3) is 33.4 Å². The second-order valence-corrected chi connectivity index (χ2v) is 15.5. The van der Waals surface area contributed by atoms with Crippen molar-refractivity contribution in [3.8, 4) is 22.5 Å². The minimum Gasteiger partial charge on any atom is -0.744 e. The van der Waals surface area contributed by atoms with Gasteiger partial charge in [0, 0.05) is 45.6 Å². The van der Waals surface area contributed by atoms with E-state index in [0.717, 1.165) is 40.8 Å². The van der Waals surface area contributed by atoms with Crippen LogP contribution in [-0.2, 0) is 45.9 Å². The molecule has 270 valence electrons. The molecule has 4 aromatic carbocycles. The van der Waals surface area contributed by atoms with E-state index < -0.39 is 20.2 Å². The van der Waals surface area contributed by atoms with Gasteiger partial charge >= 0.3 is 37.7 Å². The average molecular weight is 751 g/mol. The van der Waals surface area contributed by atoms with Crippen molar-refractivity contribution < 1.29 is 68.1 Å². The van der Waals surface area contributed by atoms with Crippen LogP contribution in [0.1, 0.15) is 61.1 Å². The fourth-order valence-corrected chi connectivity index (χ4v) is 8.77. The Morgan fingerprint density at radius 1 is 0.815 bits per heavy atom. The average Bonchev–Trinajstić information content (AvgIpc) is 3.10. The van der Waals surface area contributed by atoms with Crippen LogP contribution in [0.2, 0.25) is 0 Å². The summed E-state index contributed by atoms with van der Waals surface area (Å²) in [6.07, 6.45) is 2.43. The van der Waals surface area contributed by atoms with E-state index in [2.05, 4.69) is 31.3 Å². The zero-order valence-electron chi connectivity index (χ0n) is 31.9. The van der Waals surface area contributed by atoms with Gasteiger partial charge in [0.1, 0.15) is 26.4 Å². The normalized spacial score (nSPS) is 12.1. The van der Waals surface area contributed by atoms with E-state index in [4.69, 9.17) is 9.41 Å². The zero-order chi connectivity index (χ0) is 37.5. The molecule has 0 saturated carbocycles. The summed E-state index contributed by atoms with van der Waals surface area (Å²) in [4.78, 5) is 4.57. The summed E-state index contributed by atoms with van der Waals surface area (Å²) >= 11 is 0. The fourth-order valence-electron chi connectivity index (χ4n) is 7.07. The summed E-state index contributed by atoms with van der Waals surface area (Å²) in [5.74, 6) is 0.428. The van der Waals surface area contributed by atoms with Gasteiger partial charge in [-0.1, -0.05) is 71.7 Å². The van der Waals surface area contributed by atoms with Crippen molar-refractivity contribution >= 4 is 48.3 Å². The second kappa shape index (κ2) is 17.0. The molecule has 0 fully saturated rings. The minimum atomic E-state index is -4.75. The molecule has 0 bridgehead atoms. The zero-order valence-corrected chi connectivity index (χ0v) is 33.6. The summed E-state index contributed by atoms with van der Waals surface area (Å²) in [7, 11) is -9.36. The Morgan fingerprint density at radius 3 is 2.15 bits per heavy atom. The Bertz CT molecular complexity index is 2610. The number of hydrogen-bond acceptors (Lipinski definition) is 8. The number of nitrogens with one attached hydrogen (secondary N) is 1. The van der Waals surface area contributed by atoms with Gasteiger partial charge in [-0.15, -0.1) is 11.1 Å². The third kappa shape index (κ3) is 8.45. The molecule has 1 heterocycles. The number of nitrogens with zero attached hydrogens (tertiary/aromatic N) is 1. The number of benzene rings is 5. The fraction of sp³-hybridized carbons (Fsp3) is 0.244. The van der Waals surface area contributed by atoms with Crippen LogP contribution in [0.15, 0.2) is 92.0 Å². The summed E-state index contributed by atoms with van der Waals surface area (Å²) in [5.41, 5.74) is 8.59. The van der Waals surface area contributed by atoms with E-state index in [-0.39, 0.29) is 47.5 Å². The van der Waals surface area contributed by atoms with Crippen molar-refractivity contribution in [3.05, 3.63) is 118 Å². The number of hydrogen-bond donors (Lipinski definition) is 2. The van der Waals surface area contributed by atoms with E-state index in [1.54, 1.807) is 56.3 Å². The molecule has 1 aliphatic heterocycles. The second-order valence-electron chi connectivity index (χ2n) is 12.8. The molecule has 2 N–H and O–H groups in total. The maximum Gasteiger partial charge on any atom is 1.00 e. The SMILES string of the molecule is CCc1[c-]c(C)cc(CC)c1N=c1ccc2c(-c3ccccc3S(=O)(=O)O)c3ccc(Nc4c(CC)cc(C)c(S(=O)(=O)[O-])c4CC)cc3oc-2c1.[Li+].[Li+]. The maximum atomic E-state index is 12.6. The standard InChI is InChI=1S/C41H41N2O7S2.2Li/c1-7-26-19-24(5)20-27(8-2)39(26)42-29-15-17-32-35(22-29)50-36-23-30(16-18-33(36)38(32)34-13-11-12-14-37(34)51(44,45)46)43-40-28(9-3)21-25(6)41(31(40)10-4)52(47,48)49;;/h11-19,21-23,43H,7-10H2,1-6H3,(H,44,45,46)(H,47,48,49);;/q-1;2*+1/p-1. The number of anilines is 2. The maximum absolute atomic E-state index is 12.6. The largest absolute Gasteiger partial charge is 1.00 e. The van der Waals surface area contributed by atoms with Crippen LogP contribution in [0.4, 0.5) is 17.1 Å². The van der Waals surface area contributed by atoms with Gasteiger partial charge in [-0.2, -0.15) is 26.1 Å². The van der Waals surface area contributed by atoms with Crippen molar-refractivity contribution in [2.24, 2.45) is 4.99 Å². The summed E-state index contributed by atoms with van der Waals surface area (Å²) in [5, 5.41) is 4.58. The molecule has 1 aliphatic carbocycles. The predicted octanol–water partition coefficient (Wildman–Crippen LogP) is 3.01. The van der Waals surface area contributed by atoms with Crippen LogP contribution in [-0.4, -0.2) is 25.9 Å². The smallest absolute Gasteiger partial charge is 0.744 e. The Morgan fingerprint density at radius 2 is 1.52 bits per heavy atom. The molecule has 13 heteroatoms. The van der Waals surface area contributed by atoms with E-state index >= 15 is 0 Å². The van der Waals surface area contributed by atoms with E-state index in [1.807, 2.05) is 32.0 Å². The first-order chi connectivity index (χ1) is 24.7. The van der Waals surface area contributed by atoms with Crippen molar-refractivity contribution in [1.29, 1.82) is 0 Å². The van der Waals surface area contributed by atoms with Crippen LogP contribution in [0, 0.1) is 19.9 Å². The van der Waals surface area contributed by atoms with Crippen molar-refractivity contribution in [3.63, 3.8) is 0 Å². The van der Waals surface area contributed by atoms with Gasteiger partial charge in [0.15, 0.2) is 0 Å². The molecule has 0 atom stereocenters. The molecular weight excluding hydrogens is 710 g/mol. The third-order valence-corrected chi connectivity index (χ3v) is 11.3. The van der Waals surface area contributed by atoms with Crippen molar-refractivity contribution in [1.82, 2.24) is 0 Å². The molecule has 2 aliphatic rings. The monoisotopic (exact) mass is 750 g/mol. The quantitative estimate of drug-likeness (QED) is 0.0941. The van der Waals surface area contributed by atoms with Crippen molar-refractivity contribution in [2.75, 3.05) is 5.32 Å². The van der Waals surface area contributed by atoms with E-state index in [0.29, 0.717) is 74.1 Å². The Kier molecular flexibility index (Phi) is 13.6. The van der Waals surface area contributed by atoms with Gasteiger partial charge in [-0.05, 0) is 72.5 Å². The topological polar surface area (TPSA) is 149 Å². The number of rotatable bonds is 10. The van der Waals surface area contributed by atoms with Gasteiger partial charge in [0.25, 0.3) is 10.1 Å². The molecule has 6 rings (SSSR count). The molecular formula is C41H40Li2N2O7S2. The summed E-state index contributed by atoms with van der Waals surface area (Å²) in [6.45, 7) is 11.6. The molecule has 0 amide bonds. The molecule has 9 nitrogen and oxygen atoms in total. The van der Waals surface area contributed by atoms with Gasteiger partial charge in [-0.3, -0.25) is 4.55 Å². The van der Waals surface area contributed by atoms with E-state index in [9.17, 15) is 25.9 Å². The number of fused-ring (bicyclic) bond motifs is 2. The Hall–Kier alpha value is -3.62. The van der Waals surface area contributed by atoms with Crippen LogP contribution >= 0.6 is 0 Å². The van der Waals surface area contributed by atoms with Crippen LogP contribution < -0.4 is 48.4 Å². The molecule has 0 spiro atoms.